The van der Waals surface area contributed by atoms with Crippen LogP contribution >= 0.6 is 23.8 Å². The van der Waals surface area contributed by atoms with E-state index in [4.69, 9.17) is 23.8 Å². The van der Waals surface area contributed by atoms with E-state index in [0.717, 1.165) is 11.4 Å². The summed E-state index contributed by atoms with van der Waals surface area (Å²) in [6.45, 7) is 4.42. The van der Waals surface area contributed by atoms with Crippen LogP contribution < -0.4 is 10.2 Å². The van der Waals surface area contributed by atoms with Gasteiger partial charge in [0, 0.05) is 22.9 Å². The largest absolute Gasteiger partial charge is 0.332 e. The van der Waals surface area contributed by atoms with Gasteiger partial charge in [0.05, 0.1) is 0 Å². The van der Waals surface area contributed by atoms with Crippen LogP contribution in [0.5, 0.6) is 0 Å². The molecular formula is C16H15ClN2S. The van der Waals surface area contributed by atoms with Crippen LogP contribution in [-0.4, -0.2) is 11.7 Å². The van der Waals surface area contributed by atoms with Gasteiger partial charge in [-0.1, -0.05) is 35.9 Å². The molecule has 0 aliphatic heterocycles. The molecule has 0 aliphatic rings. The quantitative estimate of drug-likeness (QED) is 0.649. The van der Waals surface area contributed by atoms with Crippen LogP contribution in [0, 0.1) is 0 Å². The average Bonchev–Trinajstić information content (AvgIpc) is 2.48. The van der Waals surface area contributed by atoms with E-state index in [1.807, 2.05) is 65.6 Å². The van der Waals surface area contributed by atoms with Crippen molar-refractivity contribution < 1.29 is 0 Å². The standard InChI is InChI=1S/C16H15ClN2S/c1-2-12-19(15-6-4-3-5-7-15)16(20)18-14-10-8-13(17)9-11-14/h2-11H,1,12H2,(H,18,20). The highest BCUT2D eigenvalue weighted by atomic mass is 35.5. The van der Waals surface area contributed by atoms with Crippen LogP contribution in [0.1, 0.15) is 0 Å². The molecule has 0 radical (unpaired) electrons. The van der Waals surface area contributed by atoms with E-state index >= 15 is 0 Å². The maximum absolute atomic E-state index is 5.87. The molecule has 0 saturated carbocycles. The van der Waals surface area contributed by atoms with E-state index in [0.29, 0.717) is 16.7 Å². The number of anilines is 2. The van der Waals surface area contributed by atoms with Gasteiger partial charge in [0.25, 0.3) is 0 Å². The van der Waals surface area contributed by atoms with Crippen molar-refractivity contribution >= 4 is 40.3 Å². The maximum Gasteiger partial charge on any atom is 0.178 e. The first-order valence-corrected chi connectivity index (χ1v) is 6.99. The molecule has 0 heterocycles. The molecule has 0 saturated heterocycles. The third-order valence-corrected chi connectivity index (χ3v) is 3.29. The van der Waals surface area contributed by atoms with Crippen molar-refractivity contribution in [3.8, 4) is 0 Å². The Hall–Kier alpha value is -1.84. The van der Waals surface area contributed by atoms with E-state index in [1.165, 1.54) is 0 Å². The Kier molecular flexibility index (Phi) is 5.16. The van der Waals surface area contributed by atoms with Crippen LogP contribution in [0.3, 0.4) is 0 Å². The molecule has 2 aromatic rings. The van der Waals surface area contributed by atoms with Gasteiger partial charge in [-0.2, -0.15) is 0 Å². The lowest BCUT2D eigenvalue weighted by Crippen LogP contribution is -2.34. The van der Waals surface area contributed by atoms with Crippen molar-refractivity contribution in [2.75, 3.05) is 16.8 Å². The van der Waals surface area contributed by atoms with Crippen molar-refractivity contribution in [1.29, 1.82) is 0 Å². The zero-order valence-electron chi connectivity index (χ0n) is 10.9. The lowest BCUT2D eigenvalue weighted by molar-refractivity contribution is 1.15. The van der Waals surface area contributed by atoms with Gasteiger partial charge >= 0.3 is 0 Å². The highest BCUT2D eigenvalue weighted by molar-refractivity contribution is 7.80. The first kappa shape index (κ1) is 14.6. The summed E-state index contributed by atoms with van der Waals surface area (Å²) in [6.07, 6.45) is 1.82. The summed E-state index contributed by atoms with van der Waals surface area (Å²) < 4.78 is 0. The molecule has 2 aromatic carbocycles. The number of halogens is 1. The number of rotatable bonds is 4. The van der Waals surface area contributed by atoms with Gasteiger partial charge in [-0.15, -0.1) is 6.58 Å². The smallest absolute Gasteiger partial charge is 0.178 e. The van der Waals surface area contributed by atoms with Gasteiger partial charge < -0.3 is 10.2 Å². The number of hydrogen-bond donors (Lipinski definition) is 1. The molecule has 1 N–H and O–H groups in total. The molecule has 0 aromatic heterocycles. The Morgan fingerprint density at radius 1 is 1.15 bits per heavy atom. The van der Waals surface area contributed by atoms with E-state index in [2.05, 4.69) is 11.9 Å². The van der Waals surface area contributed by atoms with Crippen LogP contribution in [0.4, 0.5) is 11.4 Å². The minimum Gasteiger partial charge on any atom is -0.332 e. The Morgan fingerprint density at radius 2 is 1.80 bits per heavy atom. The first-order chi connectivity index (χ1) is 9.70. The fourth-order valence-electron chi connectivity index (χ4n) is 1.77. The summed E-state index contributed by atoms with van der Waals surface area (Å²) in [4.78, 5) is 1.98. The van der Waals surface area contributed by atoms with Crippen molar-refractivity contribution in [1.82, 2.24) is 0 Å². The fraction of sp³-hybridized carbons (Fsp3) is 0.0625. The predicted octanol–water partition coefficient (Wildman–Crippen LogP) is 4.73. The van der Waals surface area contributed by atoms with Crippen molar-refractivity contribution in [3.05, 3.63) is 72.3 Å². The summed E-state index contributed by atoms with van der Waals surface area (Å²) in [7, 11) is 0. The zero-order valence-corrected chi connectivity index (χ0v) is 12.5. The van der Waals surface area contributed by atoms with Gasteiger partial charge in [-0.05, 0) is 48.6 Å². The van der Waals surface area contributed by atoms with Crippen LogP contribution in [0.15, 0.2) is 67.3 Å². The first-order valence-electron chi connectivity index (χ1n) is 6.21. The molecule has 0 atom stereocenters. The van der Waals surface area contributed by atoms with Gasteiger partial charge in [-0.25, -0.2) is 0 Å². The molecule has 0 fully saturated rings. The molecule has 20 heavy (non-hydrogen) atoms. The van der Waals surface area contributed by atoms with Crippen LogP contribution in [0.2, 0.25) is 5.02 Å². The van der Waals surface area contributed by atoms with Gasteiger partial charge in [-0.3, -0.25) is 0 Å². The normalized spacial score (nSPS) is 9.85. The number of nitrogens with zero attached hydrogens (tertiary/aromatic N) is 1. The van der Waals surface area contributed by atoms with E-state index < -0.39 is 0 Å². The third kappa shape index (κ3) is 3.83. The molecule has 4 heteroatoms. The van der Waals surface area contributed by atoms with Crippen LogP contribution in [-0.2, 0) is 0 Å². The summed E-state index contributed by atoms with van der Waals surface area (Å²) >= 11 is 11.3. The lowest BCUT2D eigenvalue weighted by Gasteiger charge is -2.24. The molecule has 2 nitrogen and oxygen atoms in total. The summed E-state index contributed by atoms with van der Waals surface area (Å²) in [6, 6.07) is 17.4. The Balaban J connectivity index is 2.15. The second kappa shape index (κ2) is 7.08. The number of thiocarbonyl (C=S) groups is 1. The van der Waals surface area contributed by atoms with E-state index in [-0.39, 0.29) is 0 Å². The molecule has 0 unspecified atom stereocenters. The Morgan fingerprint density at radius 3 is 2.40 bits per heavy atom. The molecule has 0 amide bonds. The topological polar surface area (TPSA) is 15.3 Å². The van der Waals surface area contributed by atoms with Crippen molar-refractivity contribution in [2.45, 2.75) is 0 Å². The number of benzene rings is 2. The molecule has 0 bridgehead atoms. The SMILES string of the molecule is C=CCN(C(=S)Nc1ccc(Cl)cc1)c1ccccc1. The Bertz CT molecular complexity index is 581. The van der Waals surface area contributed by atoms with Crippen LogP contribution in [0.25, 0.3) is 0 Å². The Labute approximate surface area is 129 Å². The van der Waals surface area contributed by atoms with Gasteiger partial charge in [0.1, 0.15) is 0 Å². The lowest BCUT2D eigenvalue weighted by atomic mass is 10.3. The number of para-hydroxylation sites is 1. The summed E-state index contributed by atoms with van der Waals surface area (Å²) in [5, 5.41) is 4.53. The molecule has 0 spiro atoms. The third-order valence-electron chi connectivity index (χ3n) is 2.72. The van der Waals surface area contributed by atoms with Gasteiger partial charge in [0.2, 0.25) is 0 Å². The van der Waals surface area contributed by atoms with E-state index in [9.17, 15) is 0 Å². The number of nitrogens with one attached hydrogen (secondary N) is 1. The molecular weight excluding hydrogens is 288 g/mol. The maximum atomic E-state index is 5.87. The fourth-order valence-corrected chi connectivity index (χ4v) is 2.19. The molecule has 0 aliphatic carbocycles. The number of hydrogen-bond acceptors (Lipinski definition) is 1. The van der Waals surface area contributed by atoms with Gasteiger partial charge in [0.15, 0.2) is 5.11 Å². The second-order valence-electron chi connectivity index (χ2n) is 4.17. The molecule has 2 rings (SSSR count). The summed E-state index contributed by atoms with van der Waals surface area (Å²) in [5.41, 5.74) is 1.93. The minimum atomic E-state index is 0.624. The second-order valence-corrected chi connectivity index (χ2v) is 5.00. The predicted molar refractivity (Wildman–Crippen MR) is 91.7 cm³/mol. The minimum absolute atomic E-state index is 0.624. The summed E-state index contributed by atoms with van der Waals surface area (Å²) in [5.74, 6) is 0. The van der Waals surface area contributed by atoms with Crippen molar-refractivity contribution in [3.63, 3.8) is 0 Å². The molecule has 102 valence electrons. The zero-order chi connectivity index (χ0) is 14.4. The van der Waals surface area contributed by atoms with Crippen molar-refractivity contribution in [2.24, 2.45) is 0 Å². The monoisotopic (exact) mass is 302 g/mol. The highest BCUT2D eigenvalue weighted by Crippen LogP contribution is 2.17. The highest BCUT2D eigenvalue weighted by Gasteiger charge is 2.10. The van der Waals surface area contributed by atoms with E-state index in [1.54, 1.807) is 0 Å². The average molecular weight is 303 g/mol.